The van der Waals surface area contributed by atoms with E-state index in [4.69, 9.17) is 0 Å². The number of hydrogen-bond acceptors (Lipinski definition) is 4. The summed E-state index contributed by atoms with van der Waals surface area (Å²) in [5.74, 6) is -0.264. The molecule has 142 valence electrons. The summed E-state index contributed by atoms with van der Waals surface area (Å²) in [5, 5.41) is 12.2. The Balaban J connectivity index is 1.64. The number of rotatable bonds is 3. The first kappa shape index (κ1) is 18.1. The predicted octanol–water partition coefficient (Wildman–Crippen LogP) is 3.04. The number of carbonyl (C=O) groups excluding carboxylic acids is 2. The number of nitrogens with zero attached hydrogens (tertiary/aromatic N) is 4. The zero-order valence-corrected chi connectivity index (χ0v) is 15.9. The summed E-state index contributed by atoms with van der Waals surface area (Å²) in [5.41, 5.74) is 3.70. The van der Waals surface area contributed by atoms with Crippen LogP contribution >= 0.6 is 0 Å². The zero-order chi connectivity index (χ0) is 19.7. The third-order valence-corrected chi connectivity index (χ3v) is 5.19. The molecule has 2 aliphatic heterocycles. The third-order valence-electron chi connectivity index (χ3n) is 5.19. The molecule has 2 unspecified atom stereocenters. The van der Waals surface area contributed by atoms with Crippen molar-refractivity contribution in [3.8, 4) is 0 Å². The largest absolute Gasteiger partial charge is 0.273 e. The maximum absolute atomic E-state index is 12.3. The van der Waals surface area contributed by atoms with Crippen molar-refractivity contribution >= 4 is 23.2 Å². The average molecular weight is 374 g/mol. The Morgan fingerprint density at radius 1 is 0.714 bits per heavy atom. The van der Waals surface area contributed by atoms with Crippen molar-refractivity contribution < 1.29 is 9.59 Å². The summed E-state index contributed by atoms with van der Waals surface area (Å²) in [6.45, 7) is 3.02. The van der Waals surface area contributed by atoms with Crippen LogP contribution in [0.25, 0.3) is 0 Å². The number of amides is 2. The van der Waals surface area contributed by atoms with Crippen LogP contribution in [0.3, 0.4) is 0 Å². The smallest absolute Gasteiger partial charge is 0.239 e. The molecule has 0 aliphatic carbocycles. The van der Waals surface area contributed by atoms with Gasteiger partial charge in [-0.1, -0.05) is 60.7 Å². The summed E-state index contributed by atoms with van der Waals surface area (Å²) in [6, 6.07) is 19.2. The van der Waals surface area contributed by atoms with E-state index in [-0.39, 0.29) is 23.9 Å². The molecular formula is C22H22N4O2. The molecule has 28 heavy (non-hydrogen) atoms. The van der Waals surface area contributed by atoms with Crippen molar-refractivity contribution in [3.63, 3.8) is 0 Å². The number of hydrogen-bond donors (Lipinski definition) is 0. The summed E-state index contributed by atoms with van der Waals surface area (Å²) >= 11 is 0. The molecule has 0 radical (unpaired) electrons. The van der Waals surface area contributed by atoms with E-state index in [0.29, 0.717) is 12.8 Å². The molecule has 6 nitrogen and oxygen atoms in total. The highest BCUT2D eigenvalue weighted by Gasteiger charge is 2.43. The quantitative estimate of drug-likeness (QED) is 0.829. The van der Waals surface area contributed by atoms with E-state index < -0.39 is 0 Å². The lowest BCUT2D eigenvalue weighted by molar-refractivity contribution is -0.137. The molecule has 2 aromatic carbocycles. The fourth-order valence-corrected chi connectivity index (χ4v) is 3.88. The predicted molar refractivity (Wildman–Crippen MR) is 108 cm³/mol. The Labute approximate surface area is 164 Å². The lowest BCUT2D eigenvalue weighted by Gasteiger charge is -2.30. The first-order valence-electron chi connectivity index (χ1n) is 9.40. The lowest BCUT2D eigenvalue weighted by atomic mass is 9.94. The van der Waals surface area contributed by atoms with Gasteiger partial charge < -0.3 is 0 Å². The SMILES string of the molecule is CC(=O)N1N=C(c2ccccc2)CC1C1CC(c2ccccc2)=NN1C(C)=O. The second-order valence-corrected chi connectivity index (χ2v) is 7.10. The van der Waals surface area contributed by atoms with Crippen molar-refractivity contribution in [2.45, 2.75) is 38.8 Å². The summed E-state index contributed by atoms with van der Waals surface area (Å²) in [6.07, 6.45) is 1.19. The number of hydrazone groups is 2. The van der Waals surface area contributed by atoms with Crippen LogP contribution in [0.2, 0.25) is 0 Å². The second-order valence-electron chi connectivity index (χ2n) is 7.10. The molecule has 0 fully saturated rings. The molecule has 2 heterocycles. The van der Waals surface area contributed by atoms with E-state index in [2.05, 4.69) is 10.2 Å². The van der Waals surface area contributed by atoms with Crippen LogP contribution in [0.1, 0.15) is 37.8 Å². The van der Waals surface area contributed by atoms with Crippen molar-refractivity contribution in [1.82, 2.24) is 10.0 Å². The van der Waals surface area contributed by atoms with Crippen molar-refractivity contribution in [1.29, 1.82) is 0 Å². The summed E-state index contributed by atoms with van der Waals surface area (Å²) < 4.78 is 0. The van der Waals surface area contributed by atoms with E-state index in [1.165, 1.54) is 23.9 Å². The molecule has 0 saturated carbocycles. The lowest BCUT2D eigenvalue weighted by Crippen LogP contribution is -2.47. The monoisotopic (exact) mass is 374 g/mol. The first-order valence-corrected chi connectivity index (χ1v) is 9.40. The highest BCUT2D eigenvalue weighted by Crippen LogP contribution is 2.31. The Bertz CT molecular complexity index is 874. The minimum absolute atomic E-state index is 0.132. The molecule has 4 rings (SSSR count). The standard InChI is InChI=1S/C22H22N4O2/c1-15(27)25-21(13-19(23-25)17-9-5-3-6-10-17)22-14-20(24-26(22)16(2)28)18-11-7-4-8-12-18/h3-12,21-22H,13-14H2,1-2H3. The Kier molecular flexibility index (Phi) is 4.77. The van der Waals surface area contributed by atoms with Crippen LogP contribution in [-0.2, 0) is 9.59 Å². The number of benzene rings is 2. The summed E-state index contributed by atoms with van der Waals surface area (Å²) in [7, 11) is 0. The topological polar surface area (TPSA) is 65.3 Å². The molecule has 0 spiro atoms. The van der Waals surface area contributed by atoms with Crippen LogP contribution in [0, 0.1) is 0 Å². The fourth-order valence-electron chi connectivity index (χ4n) is 3.88. The average Bonchev–Trinajstić information content (AvgIpc) is 3.34. The van der Waals surface area contributed by atoms with Crippen molar-refractivity contribution in [2.75, 3.05) is 0 Å². The van der Waals surface area contributed by atoms with E-state index in [1.807, 2.05) is 60.7 Å². The normalized spacial score (nSPS) is 21.5. The van der Waals surface area contributed by atoms with Gasteiger partial charge in [-0.05, 0) is 11.1 Å². The van der Waals surface area contributed by atoms with Gasteiger partial charge in [0.1, 0.15) is 0 Å². The molecule has 0 bridgehead atoms. The van der Waals surface area contributed by atoms with Gasteiger partial charge in [0.2, 0.25) is 11.8 Å². The third kappa shape index (κ3) is 3.33. The van der Waals surface area contributed by atoms with Crippen LogP contribution < -0.4 is 0 Å². The Hall–Kier alpha value is -3.28. The molecule has 2 aromatic rings. The molecule has 0 N–H and O–H groups in total. The zero-order valence-electron chi connectivity index (χ0n) is 15.9. The van der Waals surface area contributed by atoms with Gasteiger partial charge in [-0.25, -0.2) is 10.0 Å². The molecule has 0 aromatic heterocycles. The summed E-state index contributed by atoms with van der Waals surface area (Å²) in [4.78, 5) is 24.6. The van der Waals surface area contributed by atoms with E-state index in [0.717, 1.165) is 22.6 Å². The van der Waals surface area contributed by atoms with Gasteiger partial charge in [0.05, 0.1) is 23.5 Å². The van der Waals surface area contributed by atoms with Gasteiger partial charge in [-0.2, -0.15) is 10.2 Å². The van der Waals surface area contributed by atoms with Gasteiger partial charge in [0.15, 0.2) is 0 Å². The minimum atomic E-state index is -0.235. The van der Waals surface area contributed by atoms with E-state index in [1.54, 1.807) is 0 Å². The van der Waals surface area contributed by atoms with E-state index >= 15 is 0 Å². The van der Waals surface area contributed by atoms with Gasteiger partial charge in [0.25, 0.3) is 0 Å². The molecule has 2 amide bonds. The van der Waals surface area contributed by atoms with Crippen LogP contribution in [0.15, 0.2) is 70.9 Å². The number of carbonyl (C=O) groups is 2. The van der Waals surface area contributed by atoms with Gasteiger partial charge in [-0.3, -0.25) is 9.59 Å². The van der Waals surface area contributed by atoms with Crippen molar-refractivity contribution in [2.24, 2.45) is 10.2 Å². The minimum Gasteiger partial charge on any atom is -0.273 e. The van der Waals surface area contributed by atoms with Crippen molar-refractivity contribution in [3.05, 3.63) is 71.8 Å². The van der Waals surface area contributed by atoms with Crippen LogP contribution in [0.4, 0.5) is 0 Å². The van der Waals surface area contributed by atoms with Gasteiger partial charge in [0, 0.05) is 26.7 Å². The Morgan fingerprint density at radius 3 is 1.39 bits per heavy atom. The Morgan fingerprint density at radius 2 is 1.07 bits per heavy atom. The van der Waals surface area contributed by atoms with Gasteiger partial charge in [-0.15, -0.1) is 0 Å². The van der Waals surface area contributed by atoms with Crippen LogP contribution in [-0.4, -0.2) is 45.3 Å². The molecule has 6 heteroatoms. The first-order chi connectivity index (χ1) is 13.5. The highest BCUT2D eigenvalue weighted by atomic mass is 16.2. The highest BCUT2D eigenvalue weighted by molar-refractivity contribution is 6.05. The molecule has 2 aliphatic rings. The molecule has 2 atom stereocenters. The van der Waals surface area contributed by atoms with E-state index in [9.17, 15) is 9.59 Å². The second kappa shape index (κ2) is 7.38. The maximum atomic E-state index is 12.3. The fraction of sp³-hybridized carbons (Fsp3) is 0.273. The van der Waals surface area contributed by atoms with Gasteiger partial charge >= 0.3 is 0 Å². The van der Waals surface area contributed by atoms with Crippen LogP contribution in [0.5, 0.6) is 0 Å². The molecular weight excluding hydrogens is 352 g/mol. The molecule has 0 saturated heterocycles. The maximum Gasteiger partial charge on any atom is 0.239 e.